The molecule has 6 aromatic rings. The normalized spacial score (nSPS) is 16.3. The first-order valence-corrected chi connectivity index (χ1v) is 12.2. The molecule has 7 rings (SSSR count). The molecule has 0 amide bonds. The molecule has 0 fully saturated rings. The molecule has 2 unspecified atom stereocenters. The van der Waals surface area contributed by atoms with Crippen LogP contribution in [0, 0.1) is 20.2 Å². The third-order valence-corrected chi connectivity index (χ3v) is 7.58. The van der Waals surface area contributed by atoms with Crippen molar-refractivity contribution in [1.82, 2.24) is 9.97 Å². The molecular weight excluding hydrogens is 480 g/mol. The number of hydrogen-bond acceptors (Lipinski definition) is 4. The minimum Gasteiger partial charge on any atom is -0.357 e. The maximum absolute atomic E-state index is 11.4. The van der Waals surface area contributed by atoms with E-state index in [4.69, 9.17) is 0 Å². The van der Waals surface area contributed by atoms with Gasteiger partial charge in [-0.3, -0.25) is 20.2 Å². The Balaban J connectivity index is 1.55. The quantitative estimate of drug-likeness (QED) is 0.197. The molecule has 1 aliphatic rings. The highest BCUT2D eigenvalue weighted by Crippen LogP contribution is 2.53. The van der Waals surface area contributed by atoms with Crippen molar-refractivity contribution >= 4 is 33.2 Å². The number of benzene rings is 4. The van der Waals surface area contributed by atoms with Gasteiger partial charge >= 0.3 is 0 Å². The molecule has 8 heteroatoms. The largest absolute Gasteiger partial charge is 0.357 e. The van der Waals surface area contributed by atoms with Crippen molar-refractivity contribution < 1.29 is 9.85 Å². The first kappa shape index (κ1) is 22.0. The lowest BCUT2D eigenvalue weighted by Crippen LogP contribution is -2.19. The predicted molar refractivity (Wildman–Crippen MR) is 145 cm³/mol. The zero-order valence-corrected chi connectivity index (χ0v) is 19.9. The Hall–Kier alpha value is -5.24. The van der Waals surface area contributed by atoms with Gasteiger partial charge in [0.1, 0.15) is 0 Å². The zero-order chi connectivity index (χ0) is 26.0. The average molecular weight is 501 g/mol. The third kappa shape index (κ3) is 3.17. The monoisotopic (exact) mass is 500 g/mol. The van der Waals surface area contributed by atoms with Gasteiger partial charge in [-0.05, 0) is 34.4 Å². The van der Waals surface area contributed by atoms with Crippen LogP contribution in [0.25, 0.3) is 21.8 Å². The van der Waals surface area contributed by atoms with Crippen molar-refractivity contribution in [2.75, 3.05) is 0 Å². The summed E-state index contributed by atoms with van der Waals surface area (Å²) in [5.74, 6) is -0.391. The molecule has 184 valence electrons. The maximum Gasteiger partial charge on any atom is 0.269 e. The van der Waals surface area contributed by atoms with Gasteiger partial charge < -0.3 is 9.97 Å². The zero-order valence-electron chi connectivity index (χ0n) is 19.9. The predicted octanol–water partition coefficient (Wildman–Crippen LogP) is 7.14. The van der Waals surface area contributed by atoms with E-state index in [1.165, 1.54) is 0 Å². The van der Waals surface area contributed by atoms with Crippen LogP contribution in [0.1, 0.15) is 45.5 Å². The summed E-state index contributed by atoms with van der Waals surface area (Å²) in [6.07, 6.45) is 0. The number of aromatic nitrogens is 2. The van der Waals surface area contributed by atoms with Crippen molar-refractivity contribution in [2.24, 2.45) is 0 Å². The van der Waals surface area contributed by atoms with Crippen molar-refractivity contribution in [3.05, 3.63) is 151 Å². The number of hydrogen-bond donors (Lipinski definition) is 2. The molecule has 0 aliphatic heterocycles. The molecule has 0 spiro atoms. The number of nitro groups is 2. The third-order valence-electron chi connectivity index (χ3n) is 7.58. The van der Waals surface area contributed by atoms with Crippen LogP contribution in [0.3, 0.4) is 0 Å². The van der Waals surface area contributed by atoms with Crippen LogP contribution in [0.2, 0.25) is 0 Å². The summed E-state index contributed by atoms with van der Waals surface area (Å²) in [6.45, 7) is 0. The minimum atomic E-state index is -0.388. The van der Waals surface area contributed by atoms with Gasteiger partial charge in [-0.25, -0.2) is 0 Å². The molecule has 38 heavy (non-hydrogen) atoms. The van der Waals surface area contributed by atoms with Crippen LogP contribution in [0.5, 0.6) is 0 Å². The van der Waals surface area contributed by atoms with E-state index in [1.54, 1.807) is 24.3 Å². The number of nitrogens with one attached hydrogen (secondary N) is 2. The Kier molecular flexibility index (Phi) is 4.71. The minimum absolute atomic E-state index is 0.0457. The molecule has 2 heterocycles. The molecule has 2 atom stereocenters. The molecule has 2 aromatic heterocycles. The Morgan fingerprint density at radius 1 is 0.526 bits per heavy atom. The summed E-state index contributed by atoms with van der Waals surface area (Å²) in [7, 11) is 0. The Morgan fingerprint density at radius 3 is 1.26 bits per heavy atom. The van der Waals surface area contributed by atoms with Crippen LogP contribution >= 0.6 is 0 Å². The second kappa shape index (κ2) is 8.14. The number of fused-ring (bicyclic) bond motifs is 6. The summed E-state index contributed by atoms with van der Waals surface area (Å²) >= 11 is 0. The lowest BCUT2D eigenvalue weighted by Gasteiger charge is -2.31. The second-order valence-electron chi connectivity index (χ2n) is 9.56. The van der Waals surface area contributed by atoms with E-state index >= 15 is 0 Å². The summed E-state index contributed by atoms with van der Waals surface area (Å²) in [5.41, 5.74) is 8.17. The average Bonchev–Trinajstić information content (AvgIpc) is 3.51. The summed E-state index contributed by atoms with van der Waals surface area (Å²) < 4.78 is 0. The molecular formula is C30H20N4O4. The molecule has 4 aromatic carbocycles. The molecule has 0 radical (unpaired) electrons. The molecule has 8 nitrogen and oxygen atoms in total. The van der Waals surface area contributed by atoms with E-state index in [2.05, 4.69) is 22.1 Å². The van der Waals surface area contributed by atoms with Gasteiger partial charge in [0.05, 0.1) is 21.7 Å². The molecule has 1 aliphatic carbocycles. The number of non-ortho nitro benzene ring substituents is 2. The lowest BCUT2D eigenvalue weighted by molar-refractivity contribution is -0.385. The number of para-hydroxylation sites is 2. The van der Waals surface area contributed by atoms with Crippen LogP contribution in [0.4, 0.5) is 11.4 Å². The highest BCUT2D eigenvalue weighted by molar-refractivity contribution is 5.93. The van der Waals surface area contributed by atoms with Crippen molar-refractivity contribution in [3.8, 4) is 0 Å². The summed E-state index contributed by atoms with van der Waals surface area (Å²) in [4.78, 5) is 29.3. The highest BCUT2D eigenvalue weighted by Gasteiger charge is 2.39. The van der Waals surface area contributed by atoms with E-state index < -0.39 is 0 Å². The molecule has 0 saturated heterocycles. The number of H-pyrrole nitrogens is 2. The topological polar surface area (TPSA) is 118 Å². The highest BCUT2D eigenvalue weighted by atomic mass is 16.6. The summed E-state index contributed by atoms with van der Waals surface area (Å²) in [5, 5.41) is 24.9. The van der Waals surface area contributed by atoms with E-state index in [0.29, 0.717) is 0 Å². The number of aromatic amines is 2. The fourth-order valence-corrected chi connectivity index (χ4v) is 5.98. The fraction of sp³-hybridized carbons (Fsp3) is 0.0667. The Bertz CT molecular complexity index is 1740. The van der Waals surface area contributed by atoms with Gasteiger partial charge in [-0.2, -0.15) is 0 Å². The molecule has 0 saturated carbocycles. The van der Waals surface area contributed by atoms with Gasteiger partial charge in [-0.1, -0.05) is 60.7 Å². The van der Waals surface area contributed by atoms with Gasteiger partial charge in [0.2, 0.25) is 0 Å². The second-order valence-corrected chi connectivity index (χ2v) is 9.56. The van der Waals surface area contributed by atoms with Gasteiger partial charge in [0.25, 0.3) is 11.4 Å². The van der Waals surface area contributed by atoms with E-state index in [0.717, 1.165) is 55.4 Å². The van der Waals surface area contributed by atoms with Crippen LogP contribution in [0.15, 0.2) is 97.1 Å². The Morgan fingerprint density at radius 2 is 0.895 bits per heavy atom. The Labute approximate surface area is 215 Å². The smallest absolute Gasteiger partial charge is 0.269 e. The van der Waals surface area contributed by atoms with E-state index in [1.807, 2.05) is 60.7 Å². The van der Waals surface area contributed by atoms with Crippen molar-refractivity contribution in [3.63, 3.8) is 0 Å². The van der Waals surface area contributed by atoms with Gasteiger partial charge in [0.15, 0.2) is 0 Å². The number of rotatable bonds is 4. The van der Waals surface area contributed by atoms with Crippen molar-refractivity contribution in [2.45, 2.75) is 11.8 Å². The van der Waals surface area contributed by atoms with Gasteiger partial charge in [-0.15, -0.1) is 0 Å². The standard InChI is InChI=1S/C30H20N4O4/c35-33(36)19-13-9-17(10-14-19)25-27-21-5-1-3-7-23(21)31-29(27)26(18-11-15-20(16-12-18)34(37)38)28-22-6-2-4-8-24(22)32-30(25)28/h1-16,25-26,31-32H. The molecule has 2 N–H and O–H groups in total. The first-order chi connectivity index (χ1) is 18.5. The maximum atomic E-state index is 11.4. The van der Waals surface area contributed by atoms with Crippen LogP contribution < -0.4 is 0 Å². The molecule has 0 bridgehead atoms. The summed E-state index contributed by atoms with van der Waals surface area (Å²) in [6, 6.07) is 29.8. The van der Waals surface area contributed by atoms with Crippen LogP contribution in [-0.2, 0) is 0 Å². The SMILES string of the molecule is O=[N+]([O-])c1ccc(C2c3[nH]c4ccccc4c3C(c3ccc([N+](=O)[O-])cc3)c3[nH]c4ccccc4c32)cc1. The van der Waals surface area contributed by atoms with E-state index in [-0.39, 0.29) is 33.1 Å². The lowest BCUT2D eigenvalue weighted by atomic mass is 9.72. The van der Waals surface area contributed by atoms with Gasteiger partial charge in [0, 0.05) is 57.5 Å². The number of nitrogens with zero attached hydrogens (tertiary/aromatic N) is 2. The van der Waals surface area contributed by atoms with Crippen LogP contribution in [-0.4, -0.2) is 19.8 Å². The number of nitro benzene ring substituents is 2. The van der Waals surface area contributed by atoms with E-state index in [9.17, 15) is 20.2 Å². The van der Waals surface area contributed by atoms with Crippen molar-refractivity contribution in [1.29, 1.82) is 0 Å². The fourth-order valence-electron chi connectivity index (χ4n) is 5.98. The first-order valence-electron chi connectivity index (χ1n) is 12.2.